The van der Waals surface area contributed by atoms with Gasteiger partial charge in [0.25, 0.3) is 17.4 Å². The molecule has 2 heterocycles. The SMILES string of the molecule is CCc1ccc(N2C(=O)C(=O)/C(=C(\O)c3cccc([N+](=O)[O-])c3)C2c2ccco2)cc1. The molecule has 1 aliphatic rings. The number of amides is 1. The minimum atomic E-state index is -1.01. The molecule has 1 N–H and O–H groups in total. The Kier molecular flexibility index (Phi) is 5.12. The van der Waals surface area contributed by atoms with Crippen LogP contribution in [0.15, 0.2) is 76.9 Å². The fraction of sp³-hybridized carbons (Fsp3) is 0.130. The summed E-state index contributed by atoms with van der Waals surface area (Å²) in [5, 5.41) is 22.1. The largest absolute Gasteiger partial charge is 0.507 e. The molecule has 8 nitrogen and oxygen atoms in total. The van der Waals surface area contributed by atoms with Gasteiger partial charge in [0.1, 0.15) is 17.6 Å². The van der Waals surface area contributed by atoms with Gasteiger partial charge in [-0.05, 0) is 36.2 Å². The molecular weight excluding hydrogens is 400 g/mol. The number of non-ortho nitro benzene ring substituents is 1. The number of anilines is 1. The van der Waals surface area contributed by atoms with Crippen molar-refractivity contribution >= 4 is 28.8 Å². The summed E-state index contributed by atoms with van der Waals surface area (Å²) in [6.45, 7) is 2.00. The van der Waals surface area contributed by atoms with Crippen molar-refractivity contribution < 1.29 is 24.0 Å². The average Bonchev–Trinajstić information content (AvgIpc) is 3.40. The van der Waals surface area contributed by atoms with Gasteiger partial charge >= 0.3 is 0 Å². The number of rotatable bonds is 5. The Morgan fingerprint density at radius 2 is 1.87 bits per heavy atom. The molecule has 8 heteroatoms. The van der Waals surface area contributed by atoms with E-state index in [-0.39, 0.29) is 22.6 Å². The van der Waals surface area contributed by atoms with Crippen molar-refractivity contribution in [2.45, 2.75) is 19.4 Å². The number of Topliss-reactive ketones (excluding diaryl/α,β-unsaturated/α-hetero) is 1. The normalized spacial score (nSPS) is 17.8. The fourth-order valence-corrected chi connectivity index (χ4v) is 3.63. The van der Waals surface area contributed by atoms with Crippen molar-refractivity contribution in [2.75, 3.05) is 4.90 Å². The minimum absolute atomic E-state index is 0.0603. The molecular formula is C23H18N2O6. The van der Waals surface area contributed by atoms with E-state index >= 15 is 0 Å². The average molecular weight is 418 g/mol. The molecule has 1 aromatic heterocycles. The zero-order chi connectivity index (χ0) is 22.1. The van der Waals surface area contributed by atoms with E-state index in [0.717, 1.165) is 18.1 Å². The zero-order valence-electron chi connectivity index (χ0n) is 16.5. The third-order valence-electron chi connectivity index (χ3n) is 5.21. The third-order valence-corrected chi connectivity index (χ3v) is 5.21. The predicted octanol–water partition coefficient (Wildman–Crippen LogP) is 4.38. The van der Waals surface area contributed by atoms with E-state index < -0.39 is 28.4 Å². The lowest BCUT2D eigenvalue weighted by Gasteiger charge is -2.23. The number of benzene rings is 2. The van der Waals surface area contributed by atoms with Crippen LogP contribution in [0.1, 0.15) is 29.9 Å². The topological polar surface area (TPSA) is 114 Å². The van der Waals surface area contributed by atoms with Crippen LogP contribution in [0.5, 0.6) is 0 Å². The van der Waals surface area contributed by atoms with Crippen molar-refractivity contribution in [2.24, 2.45) is 0 Å². The van der Waals surface area contributed by atoms with Crippen molar-refractivity contribution in [3.05, 3.63) is 99.5 Å². The van der Waals surface area contributed by atoms with Crippen molar-refractivity contribution in [3.8, 4) is 0 Å². The van der Waals surface area contributed by atoms with E-state index in [0.29, 0.717) is 5.69 Å². The monoisotopic (exact) mass is 418 g/mol. The van der Waals surface area contributed by atoms with E-state index in [9.17, 15) is 24.8 Å². The summed E-state index contributed by atoms with van der Waals surface area (Å²) in [4.78, 5) is 37.7. The number of carbonyl (C=O) groups excluding carboxylic acids is 2. The van der Waals surface area contributed by atoms with Gasteiger partial charge in [0.15, 0.2) is 0 Å². The van der Waals surface area contributed by atoms with Gasteiger partial charge in [-0.1, -0.05) is 31.2 Å². The highest BCUT2D eigenvalue weighted by Crippen LogP contribution is 2.42. The molecule has 1 unspecified atom stereocenters. The Morgan fingerprint density at radius 1 is 1.13 bits per heavy atom. The molecule has 2 aromatic carbocycles. The number of nitrogens with zero attached hydrogens (tertiary/aromatic N) is 2. The first-order chi connectivity index (χ1) is 14.9. The molecule has 0 spiro atoms. The van der Waals surface area contributed by atoms with E-state index in [4.69, 9.17) is 4.42 Å². The summed E-state index contributed by atoms with van der Waals surface area (Å²) < 4.78 is 5.49. The molecule has 0 aliphatic carbocycles. The third kappa shape index (κ3) is 3.48. The molecule has 1 atom stereocenters. The Bertz CT molecular complexity index is 1200. The smallest absolute Gasteiger partial charge is 0.300 e. The Hall–Kier alpha value is -4.20. The first-order valence-corrected chi connectivity index (χ1v) is 9.60. The number of ketones is 1. The lowest BCUT2D eigenvalue weighted by Crippen LogP contribution is -2.29. The molecule has 3 aromatic rings. The molecule has 0 radical (unpaired) electrons. The second-order valence-electron chi connectivity index (χ2n) is 7.01. The van der Waals surface area contributed by atoms with Crippen LogP contribution in [0.2, 0.25) is 0 Å². The fourth-order valence-electron chi connectivity index (χ4n) is 3.63. The summed E-state index contributed by atoms with van der Waals surface area (Å²) in [7, 11) is 0. The summed E-state index contributed by atoms with van der Waals surface area (Å²) >= 11 is 0. The van der Waals surface area contributed by atoms with Crippen LogP contribution in [0.3, 0.4) is 0 Å². The highest BCUT2D eigenvalue weighted by atomic mass is 16.6. The van der Waals surface area contributed by atoms with Gasteiger partial charge < -0.3 is 9.52 Å². The van der Waals surface area contributed by atoms with Crippen molar-refractivity contribution in [1.29, 1.82) is 0 Å². The second-order valence-corrected chi connectivity index (χ2v) is 7.01. The molecule has 1 fully saturated rings. The molecule has 4 rings (SSSR count). The number of hydrogen-bond acceptors (Lipinski definition) is 6. The summed E-state index contributed by atoms with van der Waals surface area (Å²) in [6.07, 6.45) is 2.22. The first kappa shape index (κ1) is 20.1. The number of furan rings is 1. The molecule has 31 heavy (non-hydrogen) atoms. The lowest BCUT2D eigenvalue weighted by molar-refractivity contribution is -0.384. The number of nitro benzene ring substituents is 1. The summed E-state index contributed by atoms with van der Waals surface area (Å²) in [5.41, 5.74) is 1.15. The van der Waals surface area contributed by atoms with E-state index in [1.165, 1.54) is 29.4 Å². The quantitative estimate of drug-likeness (QED) is 0.216. The Balaban J connectivity index is 1.89. The van der Waals surface area contributed by atoms with Crippen molar-refractivity contribution in [1.82, 2.24) is 0 Å². The molecule has 156 valence electrons. The Morgan fingerprint density at radius 3 is 2.48 bits per heavy atom. The van der Waals surface area contributed by atoms with Gasteiger partial charge in [-0.2, -0.15) is 0 Å². The van der Waals surface area contributed by atoms with Crippen LogP contribution in [0.25, 0.3) is 5.76 Å². The van der Waals surface area contributed by atoms with Crippen LogP contribution in [-0.2, 0) is 16.0 Å². The Labute approximate surface area is 177 Å². The van der Waals surface area contributed by atoms with E-state index in [2.05, 4.69) is 0 Å². The number of hydrogen-bond donors (Lipinski definition) is 1. The number of aliphatic hydroxyl groups is 1. The minimum Gasteiger partial charge on any atom is -0.507 e. The number of aryl methyl sites for hydroxylation is 1. The van der Waals surface area contributed by atoms with Crippen LogP contribution >= 0.6 is 0 Å². The maximum atomic E-state index is 13.0. The van der Waals surface area contributed by atoms with Crippen LogP contribution in [-0.4, -0.2) is 21.7 Å². The van der Waals surface area contributed by atoms with Gasteiger partial charge in [0.2, 0.25) is 0 Å². The molecule has 1 saturated heterocycles. The van der Waals surface area contributed by atoms with Crippen molar-refractivity contribution in [3.63, 3.8) is 0 Å². The maximum Gasteiger partial charge on any atom is 0.300 e. The van der Waals surface area contributed by atoms with Gasteiger partial charge in [0, 0.05) is 23.4 Å². The lowest BCUT2D eigenvalue weighted by atomic mass is 9.99. The van der Waals surface area contributed by atoms with Crippen LogP contribution in [0.4, 0.5) is 11.4 Å². The van der Waals surface area contributed by atoms with Crippen LogP contribution < -0.4 is 4.90 Å². The van der Waals surface area contributed by atoms with Gasteiger partial charge in [-0.25, -0.2) is 0 Å². The number of nitro groups is 1. The van der Waals surface area contributed by atoms with Gasteiger partial charge in [-0.15, -0.1) is 0 Å². The highest BCUT2D eigenvalue weighted by Gasteiger charge is 2.48. The predicted molar refractivity (Wildman–Crippen MR) is 112 cm³/mol. The van der Waals surface area contributed by atoms with E-state index in [1.807, 2.05) is 19.1 Å². The highest BCUT2D eigenvalue weighted by molar-refractivity contribution is 6.51. The number of aliphatic hydroxyl groups excluding tert-OH is 1. The molecule has 1 aliphatic heterocycles. The van der Waals surface area contributed by atoms with E-state index in [1.54, 1.807) is 24.3 Å². The summed E-state index contributed by atoms with van der Waals surface area (Å²) in [6, 6.07) is 14.6. The van der Waals surface area contributed by atoms with Gasteiger partial charge in [0.05, 0.1) is 16.8 Å². The molecule has 1 amide bonds. The molecule has 0 saturated carbocycles. The standard InChI is InChI=1S/C23H18N2O6/c1-2-14-8-10-16(11-9-14)24-20(18-7-4-12-31-18)19(22(27)23(24)28)21(26)15-5-3-6-17(13-15)25(29)30/h3-13,20,26H,2H2,1H3/b21-19-. The summed E-state index contributed by atoms with van der Waals surface area (Å²) in [5.74, 6) is -1.94. The second kappa shape index (κ2) is 7.91. The number of carbonyl (C=O) groups is 2. The zero-order valence-corrected chi connectivity index (χ0v) is 16.5. The molecule has 0 bridgehead atoms. The van der Waals surface area contributed by atoms with Gasteiger partial charge in [-0.3, -0.25) is 24.6 Å². The maximum absolute atomic E-state index is 13.0. The van der Waals surface area contributed by atoms with Crippen LogP contribution in [0, 0.1) is 10.1 Å². The first-order valence-electron chi connectivity index (χ1n) is 9.60.